The highest BCUT2D eigenvalue weighted by atomic mass is 16.5. The van der Waals surface area contributed by atoms with Crippen molar-refractivity contribution in [3.63, 3.8) is 0 Å². The van der Waals surface area contributed by atoms with Crippen LogP contribution < -0.4 is 9.80 Å². The highest BCUT2D eigenvalue weighted by Gasteiger charge is 2.35. The van der Waals surface area contributed by atoms with Crippen LogP contribution in [0.4, 0.5) is 11.5 Å². The molecule has 0 amide bonds. The highest BCUT2D eigenvalue weighted by molar-refractivity contribution is 5.92. The van der Waals surface area contributed by atoms with Gasteiger partial charge < -0.3 is 23.9 Å². The van der Waals surface area contributed by atoms with E-state index in [0.717, 1.165) is 47.5 Å². The fourth-order valence-corrected chi connectivity index (χ4v) is 4.33. The summed E-state index contributed by atoms with van der Waals surface area (Å²) in [6.45, 7) is 5.45. The second-order valence-electron chi connectivity index (χ2n) is 7.77. The lowest BCUT2D eigenvalue weighted by Crippen LogP contribution is -2.55. The van der Waals surface area contributed by atoms with Gasteiger partial charge in [0.2, 0.25) is 11.8 Å². The maximum Gasteiger partial charge on any atom is 0.235 e. The minimum absolute atomic E-state index is 0.207. The molecule has 0 spiro atoms. The van der Waals surface area contributed by atoms with Gasteiger partial charge in [-0.1, -0.05) is 6.92 Å². The zero-order valence-electron chi connectivity index (χ0n) is 17.2. The summed E-state index contributed by atoms with van der Waals surface area (Å²) in [7, 11) is 0. The normalized spacial score (nSPS) is 18.3. The van der Waals surface area contributed by atoms with E-state index in [1.54, 1.807) is 0 Å². The number of aromatic nitrogens is 6. The van der Waals surface area contributed by atoms with Crippen LogP contribution in [-0.4, -0.2) is 62.5 Å². The fourth-order valence-electron chi connectivity index (χ4n) is 4.33. The van der Waals surface area contributed by atoms with E-state index in [-0.39, 0.29) is 6.04 Å². The molecule has 31 heavy (non-hydrogen) atoms. The van der Waals surface area contributed by atoms with E-state index < -0.39 is 0 Å². The van der Waals surface area contributed by atoms with Crippen molar-refractivity contribution in [3.05, 3.63) is 42.6 Å². The van der Waals surface area contributed by atoms with E-state index in [4.69, 9.17) is 19.1 Å². The molecule has 0 bridgehead atoms. The van der Waals surface area contributed by atoms with Crippen molar-refractivity contribution < 1.29 is 9.15 Å². The minimum Gasteiger partial charge on any atom is -0.423 e. The van der Waals surface area contributed by atoms with Gasteiger partial charge in [0.05, 0.1) is 49.4 Å². The molecule has 4 aromatic heterocycles. The molecule has 6 heterocycles. The largest absolute Gasteiger partial charge is 0.423 e. The first kappa shape index (κ1) is 18.3. The number of fused-ring (bicyclic) bond motifs is 4. The van der Waals surface area contributed by atoms with Crippen molar-refractivity contribution in [2.75, 3.05) is 36.1 Å². The summed E-state index contributed by atoms with van der Waals surface area (Å²) in [5.41, 5.74) is 2.84. The van der Waals surface area contributed by atoms with E-state index in [9.17, 15) is 0 Å². The fraction of sp³-hybridized carbons (Fsp3) is 0.381. The Kier molecular flexibility index (Phi) is 4.30. The van der Waals surface area contributed by atoms with Crippen LogP contribution >= 0.6 is 0 Å². The second-order valence-corrected chi connectivity index (χ2v) is 7.77. The number of nitrogens with one attached hydrogen (secondary N) is 1. The van der Waals surface area contributed by atoms with E-state index in [2.05, 4.69) is 30.0 Å². The lowest BCUT2D eigenvalue weighted by molar-refractivity contribution is 0.0934. The highest BCUT2D eigenvalue weighted by Crippen LogP contribution is 2.37. The van der Waals surface area contributed by atoms with E-state index in [1.165, 1.54) is 0 Å². The molecule has 0 aromatic carbocycles. The average Bonchev–Trinajstić information content (AvgIpc) is 3.48. The summed E-state index contributed by atoms with van der Waals surface area (Å²) in [6.07, 6.45) is 8.15. The molecule has 10 nitrogen and oxygen atoms in total. The van der Waals surface area contributed by atoms with Crippen molar-refractivity contribution in [1.82, 2.24) is 30.1 Å². The number of aryl methyl sites for hydroxylation is 1. The summed E-state index contributed by atoms with van der Waals surface area (Å²) >= 11 is 0. The summed E-state index contributed by atoms with van der Waals surface area (Å²) in [4.78, 5) is 21.8. The smallest absolute Gasteiger partial charge is 0.235 e. The molecule has 0 radical (unpaired) electrons. The predicted molar refractivity (Wildman–Crippen MR) is 114 cm³/mol. The molecule has 0 aliphatic carbocycles. The van der Waals surface area contributed by atoms with Crippen molar-refractivity contribution in [1.29, 1.82) is 0 Å². The van der Waals surface area contributed by atoms with Gasteiger partial charge in [-0.25, -0.2) is 9.97 Å². The molecule has 0 unspecified atom stereocenters. The van der Waals surface area contributed by atoms with E-state index >= 15 is 0 Å². The Morgan fingerprint density at radius 2 is 2.13 bits per heavy atom. The van der Waals surface area contributed by atoms with Gasteiger partial charge in [-0.3, -0.25) is 4.98 Å². The maximum atomic E-state index is 5.76. The molecule has 1 fully saturated rings. The summed E-state index contributed by atoms with van der Waals surface area (Å²) in [5.74, 6) is 2.81. The number of aromatic amines is 1. The van der Waals surface area contributed by atoms with Crippen molar-refractivity contribution in [2.24, 2.45) is 0 Å². The Morgan fingerprint density at radius 1 is 1.19 bits per heavy atom. The first-order valence-corrected chi connectivity index (χ1v) is 10.5. The Morgan fingerprint density at radius 3 is 3.03 bits per heavy atom. The van der Waals surface area contributed by atoms with Gasteiger partial charge in [0.25, 0.3) is 0 Å². The third-order valence-corrected chi connectivity index (χ3v) is 5.88. The first-order chi connectivity index (χ1) is 15.3. The van der Waals surface area contributed by atoms with Gasteiger partial charge in [0, 0.05) is 42.9 Å². The standard InChI is InChI=1S/C21H22N8O2/c1-2-18-26-27-19(31-18)11-28-10-13-12-30-6-5-29(13)21-17(28)9-24-20(25-21)15-7-22-8-16-14(15)3-4-23-16/h3-4,7-9,13,23H,2,5-6,10-12H2,1H3/t13-/m1/s1. The van der Waals surface area contributed by atoms with Gasteiger partial charge in [0.1, 0.15) is 0 Å². The Labute approximate surface area is 178 Å². The number of H-pyrrole nitrogens is 1. The summed E-state index contributed by atoms with van der Waals surface area (Å²) in [5, 5.41) is 9.35. The van der Waals surface area contributed by atoms with Crippen LogP contribution in [0.25, 0.3) is 22.3 Å². The molecule has 6 rings (SSSR count). The zero-order chi connectivity index (χ0) is 20.8. The van der Waals surface area contributed by atoms with Crippen LogP contribution in [-0.2, 0) is 17.7 Å². The predicted octanol–water partition coefficient (Wildman–Crippen LogP) is 2.19. The number of rotatable bonds is 4. The average molecular weight is 418 g/mol. The summed E-state index contributed by atoms with van der Waals surface area (Å²) in [6, 6.07) is 2.23. The molecular weight excluding hydrogens is 396 g/mol. The Balaban J connectivity index is 1.42. The van der Waals surface area contributed by atoms with Crippen LogP contribution in [0.2, 0.25) is 0 Å². The first-order valence-electron chi connectivity index (χ1n) is 10.5. The third kappa shape index (κ3) is 3.10. The molecule has 2 aliphatic rings. The van der Waals surface area contributed by atoms with Crippen LogP contribution in [0, 0.1) is 0 Å². The lowest BCUT2D eigenvalue weighted by atomic mass is 10.1. The number of morpholine rings is 1. The van der Waals surface area contributed by atoms with Gasteiger partial charge in [-0.05, 0) is 6.07 Å². The monoisotopic (exact) mass is 418 g/mol. The molecule has 158 valence electrons. The van der Waals surface area contributed by atoms with Crippen molar-refractivity contribution >= 4 is 22.4 Å². The van der Waals surface area contributed by atoms with Crippen molar-refractivity contribution in [2.45, 2.75) is 25.9 Å². The number of nitrogens with zero attached hydrogens (tertiary/aromatic N) is 7. The molecular formula is C21H22N8O2. The van der Waals surface area contributed by atoms with Crippen LogP contribution in [0.3, 0.4) is 0 Å². The molecule has 1 saturated heterocycles. The topological polar surface area (TPSA) is 109 Å². The van der Waals surface area contributed by atoms with Gasteiger partial charge >= 0.3 is 0 Å². The molecule has 10 heteroatoms. The van der Waals surface area contributed by atoms with Crippen LogP contribution in [0.5, 0.6) is 0 Å². The molecule has 1 atom stereocenters. The van der Waals surface area contributed by atoms with Gasteiger partial charge in [0.15, 0.2) is 11.6 Å². The maximum absolute atomic E-state index is 5.76. The van der Waals surface area contributed by atoms with E-state index in [0.29, 0.717) is 37.4 Å². The Bertz CT molecular complexity index is 1240. The number of hydrogen-bond acceptors (Lipinski definition) is 9. The van der Waals surface area contributed by atoms with Crippen LogP contribution in [0.15, 0.2) is 35.3 Å². The third-order valence-electron chi connectivity index (χ3n) is 5.88. The minimum atomic E-state index is 0.207. The second kappa shape index (κ2) is 7.31. The lowest BCUT2D eigenvalue weighted by Gasteiger charge is -2.45. The van der Waals surface area contributed by atoms with Crippen LogP contribution in [0.1, 0.15) is 18.7 Å². The number of hydrogen-bond donors (Lipinski definition) is 1. The number of anilines is 2. The summed E-state index contributed by atoms with van der Waals surface area (Å²) < 4.78 is 11.5. The molecule has 1 N–H and O–H groups in total. The van der Waals surface area contributed by atoms with E-state index in [1.807, 2.05) is 37.8 Å². The Hall–Kier alpha value is -3.53. The molecule has 0 saturated carbocycles. The van der Waals surface area contributed by atoms with Gasteiger partial charge in [-0.15, -0.1) is 10.2 Å². The SMILES string of the molecule is CCc1nnc(CN2C[C@@H]3COCCN3c3nc(-c4cncc5[nH]ccc45)ncc32)o1. The van der Waals surface area contributed by atoms with Crippen molar-refractivity contribution in [3.8, 4) is 11.4 Å². The number of pyridine rings is 1. The zero-order valence-corrected chi connectivity index (χ0v) is 17.2. The number of ether oxygens (including phenoxy) is 1. The molecule has 4 aromatic rings. The molecule has 2 aliphatic heterocycles. The van der Waals surface area contributed by atoms with Gasteiger partial charge in [-0.2, -0.15) is 0 Å². The quantitative estimate of drug-likeness (QED) is 0.533.